The monoisotopic (exact) mass is 400 g/mol. The predicted molar refractivity (Wildman–Crippen MR) is 108 cm³/mol. The number of anilines is 1. The Labute approximate surface area is 169 Å². The van der Waals surface area contributed by atoms with Crippen LogP contribution in [0.5, 0.6) is 5.75 Å². The van der Waals surface area contributed by atoms with Gasteiger partial charge in [-0.15, -0.1) is 0 Å². The van der Waals surface area contributed by atoms with Crippen molar-refractivity contribution in [3.8, 4) is 5.75 Å². The van der Waals surface area contributed by atoms with Crippen molar-refractivity contribution in [3.63, 3.8) is 0 Å². The molecule has 2 rings (SSSR count). The molecule has 8 nitrogen and oxygen atoms in total. The molecule has 0 unspecified atom stereocenters. The molecular formula is C21H24N2O6. The zero-order chi connectivity index (χ0) is 21.6. The van der Waals surface area contributed by atoms with Gasteiger partial charge in [-0.1, -0.05) is 32.0 Å². The number of carbonyl (C=O) groups excluding carboxylic acids is 2. The van der Waals surface area contributed by atoms with Crippen molar-refractivity contribution in [1.29, 1.82) is 0 Å². The molecule has 1 amide bonds. The molecule has 0 aliphatic carbocycles. The summed E-state index contributed by atoms with van der Waals surface area (Å²) >= 11 is 0. The third kappa shape index (κ3) is 6.03. The Hall–Kier alpha value is -3.42. The lowest BCUT2D eigenvalue weighted by molar-refractivity contribution is -0.384. The van der Waals surface area contributed by atoms with E-state index in [2.05, 4.69) is 19.2 Å². The molecule has 0 aromatic heterocycles. The maximum absolute atomic E-state index is 12.1. The molecule has 0 saturated carbocycles. The highest BCUT2D eigenvalue weighted by atomic mass is 16.6. The summed E-state index contributed by atoms with van der Waals surface area (Å²) in [5.74, 6) is -0.484. The van der Waals surface area contributed by atoms with E-state index in [4.69, 9.17) is 9.47 Å². The summed E-state index contributed by atoms with van der Waals surface area (Å²) < 4.78 is 10.2. The summed E-state index contributed by atoms with van der Waals surface area (Å²) in [4.78, 5) is 34.5. The van der Waals surface area contributed by atoms with Crippen molar-refractivity contribution in [2.45, 2.75) is 33.6 Å². The van der Waals surface area contributed by atoms with E-state index in [-0.39, 0.29) is 18.0 Å². The highest BCUT2D eigenvalue weighted by molar-refractivity contribution is 5.96. The first-order valence-corrected chi connectivity index (χ1v) is 9.12. The summed E-state index contributed by atoms with van der Waals surface area (Å²) in [5.41, 5.74) is 2.39. The van der Waals surface area contributed by atoms with Crippen molar-refractivity contribution in [2.75, 3.05) is 18.5 Å². The van der Waals surface area contributed by atoms with E-state index in [9.17, 15) is 19.7 Å². The maximum Gasteiger partial charge on any atom is 0.344 e. The van der Waals surface area contributed by atoms with Gasteiger partial charge in [0.25, 0.3) is 11.6 Å². The van der Waals surface area contributed by atoms with Gasteiger partial charge in [0.05, 0.1) is 4.92 Å². The van der Waals surface area contributed by atoms with Crippen LogP contribution in [-0.2, 0) is 14.3 Å². The highest BCUT2D eigenvalue weighted by Gasteiger charge is 2.20. The summed E-state index contributed by atoms with van der Waals surface area (Å²) in [5, 5.41) is 13.6. The number of hydrogen-bond donors (Lipinski definition) is 1. The van der Waals surface area contributed by atoms with Crippen LogP contribution < -0.4 is 10.1 Å². The van der Waals surface area contributed by atoms with Gasteiger partial charge in [-0.3, -0.25) is 14.9 Å². The molecule has 0 radical (unpaired) electrons. The van der Waals surface area contributed by atoms with E-state index >= 15 is 0 Å². The van der Waals surface area contributed by atoms with E-state index in [1.165, 1.54) is 6.07 Å². The molecule has 0 heterocycles. The molecule has 29 heavy (non-hydrogen) atoms. The van der Waals surface area contributed by atoms with Gasteiger partial charge in [-0.05, 0) is 48.6 Å². The fourth-order valence-corrected chi connectivity index (χ4v) is 2.57. The molecule has 0 fully saturated rings. The predicted octanol–water partition coefficient (Wildman–Crippen LogP) is 3.90. The number of esters is 1. The number of amides is 1. The number of nitrogens with one attached hydrogen (secondary N) is 1. The van der Waals surface area contributed by atoms with E-state index in [1.807, 2.05) is 12.1 Å². The van der Waals surface area contributed by atoms with Crippen LogP contribution in [0, 0.1) is 24.0 Å². The molecule has 0 aliphatic rings. The first kappa shape index (κ1) is 21.9. The Morgan fingerprint density at radius 2 is 1.72 bits per heavy atom. The van der Waals surface area contributed by atoms with Crippen molar-refractivity contribution in [3.05, 3.63) is 63.2 Å². The van der Waals surface area contributed by atoms with Crippen LogP contribution in [0.15, 0.2) is 36.4 Å². The fourth-order valence-electron chi connectivity index (χ4n) is 2.57. The Morgan fingerprint density at radius 3 is 2.31 bits per heavy atom. The minimum absolute atomic E-state index is 0.0949. The smallest absolute Gasteiger partial charge is 0.344 e. The van der Waals surface area contributed by atoms with Crippen LogP contribution in [0.1, 0.15) is 36.5 Å². The quantitative estimate of drug-likeness (QED) is 0.409. The normalized spacial score (nSPS) is 10.5. The first-order chi connectivity index (χ1) is 13.7. The highest BCUT2D eigenvalue weighted by Crippen LogP contribution is 2.30. The van der Waals surface area contributed by atoms with Crippen LogP contribution >= 0.6 is 0 Å². The SMILES string of the molecule is Cc1ccc([N+](=O)[O-])c(NC(=O)COC(=O)COc2ccc(C(C)C)cc2)c1C. The van der Waals surface area contributed by atoms with Crippen molar-refractivity contribution in [2.24, 2.45) is 0 Å². The van der Waals surface area contributed by atoms with Crippen molar-refractivity contribution in [1.82, 2.24) is 0 Å². The van der Waals surface area contributed by atoms with Crippen LogP contribution in [0.3, 0.4) is 0 Å². The lowest BCUT2D eigenvalue weighted by atomic mass is 10.0. The minimum atomic E-state index is -0.719. The average molecular weight is 400 g/mol. The molecule has 8 heteroatoms. The molecular weight excluding hydrogens is 376 g/mol. The number of nitro groups is 1. The second-order valence-corrected chi connectivity index (χ2v) is 6.88. The maximum atomic E-state index is 12.1. The Bertz CT molecular complexity index is 906. The second kappa shape index (κ2) is 9.68. The fraction of sp³-hybridized carbons (Fsp3) is 0.333. The molecule has 0 bridgehead atoms. The van der Waals surface area contributed by atoms with Crippen molar-refractivity contribution >= 4 is 23.3 Å². The zero-order valence-corrected chi connectivity index (χ0v) is 16.9. The number of aryl methyl sites for hydroxylation is 1. The number of nitro benzene ring substituents is 1. The molecule has 154 valence electrons. The summed E-state index contributed by atoms with van der Waals surface area (Å²) in [6, 6.07) is 10.3. The Balaban J connectivity index is 1.87. The average Bonchev–Trinajstić information content (AvgIpc) is 2.68. The van der Waals surface area contributed by atoms with E-state index in [0.717, 1.165) is 11.1 Å². The molecule has 0 saturated heterocycles. The lowest BCUT2D eigenvalue weighted by Gasteiger charge is -2.12. The van der Waals surface area contributed by atoms with Gasteiger partial charge >= 0.3 is 5.97 Å². The van der Waals surface area contributed by atoms with E-state index < -0.39 is 23.4 Å². The van der Waals surface area contributed by atoms with Crippen LogP contribution in [-0.4, -0.2) is 30.0 Å². The van der Waals surface area contributed by atoms with Crippen LogP contribution in [0.25, 0.3) is 0 Å². The van der Waals surface area contributed by atoms with Gasteiger partial charge < -0.3 is 14.8 Å². The summed E-state index contributed by atoms with van der Waals surface area (Å²) in [6.45, 7) is 6.68. The molecule has 2 aromatic carbocycles. The molecule has 0 atom stereocenters. The molecule has 0 spiro atoms. The van der Waals surface area contributed by atoms with Crippen molar-refractivity contribution < 1.29 is 24.0 Å². The number of rotatable bonds is 8. The number of nitrogens with zero attached hydrogens (tertiary/aromatic N) is 1. The van der Waals surface area contributed by atoms with Gasteiger partial charge in [0.2, 0.25) is 0 Å². The zero-order valence-electron chi connectivity index (χ0n) is 16.9. The van der Waals surface area contributed by atoms with E-state index in [1.54, 1.807) is 32.0 Å². The number of benzene rings is 2. The first-order valence-electron chi connectivity index (χ1n) is 9.12. The molecule has 2 aromatic rings. The Morgan fingerprint density at radius 1 is 1.07 bits per heavy atom. The molecule has 0 aliphatic heterocycles. The largest absolute Gasteiger partial charge is 0.482 e. The standard InChI is InChI=1S/C21H24N2O6/c1-13(2)16-6-8-17(9-7-16)28-12-20(25)29-11-19(24)22-21-15(4)14(3)5-10-18(21)23(26)27/h5-10,13H,11-12H2,1-4H3,(H,22,24). The number of hydrogen-bond acceptors (Lipinski definition) is 6. The number of ether oxygens (including phenoxy) is 2. The van der Waals surface area contributed by atoms with Gasteiger partial charge in [0.1, 0.15) is 11.4 Å². The van der Waals surface area contributed by atoms with Gasteiger partial charge in [-0.2, -0.15) is 0 Å². The van der Waals surface area contributed by atoms with Crippen LogP contribution in [0.2, 0.25) is 0 Å². The second-order valence-electron chi connectivity index (χ2n) is 6.88. The lowest BCUT2D eigenvalue weighted by Crippen LogP contribution is -2.24. The third-order valence-electron chi connectivity index (χ3n) is 4.44. The number of carbonyl (C=O) groups is 2. The third-order valence-corrected chi connectivity index (χ3v) is 4.44. The van der Waals surface area contributed by atoms with E-state index in [0.29, 0.717) is 17.2 Å². The van der Waals surface area contributed by atoms with Gasteiger partial charge in [0, 0.05) is 6.07 Å². The molecule has 1 N–H and O–H groups in total. The van der Waals surface area contributed by atoms with Gasteiger partial charge in [-0.25, -0.2) is 4.79 Å². The topological polar surface area (TPSA) is 108 Å². The van der Waals surface area contributed by atoms with Gasteiger partial charge in [0.15, 0.2) is 13.2 Å². The van der Waals surface area contributed by atoms with Crippen LogP contribution in [0.4, 0.5) is 11.4 Å². The summed E-state index contributed by atoms with van der Waals surface area (Å²) in [7, 11) is 0. The summed E-state index contributed by atoms with van der Waals surface area (Å²) in [6.07, 6.45) is 0. The Kier molecular flexibility index (Phi) is 7.30. The minimum Gasteiger partial charge on any atom is -0.482 e.